The van der Waals surface area contributed by atoms with Gasteiger partial charge >= 0.3 is 0 Å². The van der Waals surface area contributed by atoms with Crippen molar-refractivity contribution in [3.8, 4) is 5.75 Å². The van der Waals surface area contributed by atoms with Crippen molar-refractivity contribution in [2.45, 2.75) is 39.0 Å². The fraction of sp³-hybridized carbons (Fsp3) is 0.636. The van der Waals surface area contributed by atoms with Crippen molar-refractivity contribution in [2.24, 2.45) is 5.41 Å². The first-order valence-electron chi connectivity index (χ1n) is 10.3. The van der Waals surface area contributed by atoms with Crippen LogP contribution in [0.25, 0.3) is 0 Å². The van der Waals surface area contributed by atoms with Crippen LogP contribution in [-0.2, 0) is 4.79 Å². The molecule has 154 valence electrons. The van der Waals surface area contributed by atoms with E-state index in [0.29, 0.717) is 25.1 Å². The summed E-state index contributed by atoms with van der Waals surface area (Å²) in [4.78, 5) is 31.2. The number of phenols is 1. The first-order chi connectivity index (χ1) is 13.3. The molecule has 2 aliphatic rings. The van der Waals surface area contributed by atoms with Gasteiger partial charge in [0.25, 0.3) is 5.91 Å². The molecule has 0 saturated carbocycles. The number of carbonyl (C=O) groups excluding carboxylic acids is 2. The van der Waals surface area contributed by atoms with Crippen molar-refractivity contribution < 1.29 is 14.7 Å². The number of aromatic hydroxyl groups is 1. The van der Waals surface area contributed by atoms with Crippen molar-refractivity contribution in [1.82, 2.24) is 14.7 Å². The molecule has 0 aliphatic carbocycles. The maximum atomic E-state index is 12.9. The Bertz CT molecular complexity index is 724. The number of hydrogen-bond donors (Lipinski definition) is 1. The van der Waals surface area contributed by atoms with Crippen LogP contribution >= 0.6 is 0 Å². The lowest BCUT2D eigenvalue weighted by Crippen LogP contribution is -2.52. The van der Waals surface area contributed by atoms with Gasteiger partial charge in [0.1, 0.15) is 5.75 Å². The normalized spacial score (nSPS) is 19.5. The summed E-state index contributed by atoms with van der Waals surface area (Å²) in [5.74, 6) is 0.265. The molecule has 1 aromatic carbocycles. The fourth-order valence-electron chi connectivity index (χ4n) is 4.48. The molecule has 3 rings (SSSR count). The highest BCUT2D eigenvalue weighted by Gasteiger charge is 2.41. The van der Waals surface area contributed by atoms with Gasteiger partial charge < -0.3 is 19.8 Å². The van der Waals surface area contributed by atoms with Crippen LogP contribution in [0, 0.1) is 12.3 Å². The highest BCUT2D eigenvalue weighted by Crippen LogP contribution is 2.40. The average Bonchev–Trinajstić information content (AvgIpc) is 2.67. The summed E-state index contributed by atoms with van der Waals surface area (Å²) in [5.41, 5.74) is 1.25. The maximum Gasteiger partial charge on any atom is 0.257 e. The van der Waals surface area contributed by atoms with Gasteiger partial charge in [-0.3, -0.25) is 9.59 Å². The Hall–Kier alpha value is -2.08. The molecule has 2 saturated heterocycles. The minimum atomic E-state index is -0.0919. The molecule has 28 heavy (non-hydrogen) atoms. The van der Waals surface area contributed by atoms with E-state index in [9.17, 15) is 14.7 Å². The molecule has 0 unspecified atom stereocenters. The van der Waals surface area contributed by atoms with Gasteiger partial charge in [-0.05, 0) is 70.3 Å². The van der Waals surface area contributed by atoms with E-state index in [1.165, 1.54) is 0 Å². The van der Waals surface area contributed by atoms with Gasteiger partial charge in [-0.25, -0.2) is 0 Å². The lowest BCUT2D eigenvalue weighted by molar-refractivity contribution is -0.139. The third-order valence-electron chi connectivity index (χ3n) is 6.36. The first-order valence-corrected chi connectivity index (χ1v) is 10.3. The van der Waals surface area contributed by atoms with Gasteiger partial charge in [-0.1, -0.05) is 12.1 Å². The van der Waals surface area contributed by atoms with E-state index in [0.717, 1.165) is 50.9 Å². The largest absolute Gasteiger partial charge is 0.507 e. The SMILES string of the molecule is Cc1cccc(C(=O)N2CCC3(CCC(=O)N(CCCN(C)C)C3)CC2)c1O. The van der Waals surface area contributed by atoms with Crippen molar-refractivity contribution in [3.63, 3.8) is 0 Å². The number of amides is 2. The Balaban J connectivity index is 1.60. The summed E-state index contributed by atoms with van der Waals surface area (Å²) >= 11 is 0. The molecular formula is C22H33N3O3. The van der Waals surface area contributed by atoms with Gasteiger partial charge in [0, 0.05) is 32.6 Å². The number of likely N-dealkylation sites (tertiary alicyclic amines) is 2. The van der Waals surface area contributed by atoms with E-state index in [4.69, 9.17) is 0 Å². The summed E-state index contributed by atoms with van der Waals surface area (Å²) in [6.45, 7) is 5.80. The number of hydrogen-bond acceptors (Lipinski definition) is 4. The Morgan fingerprint density at radius 1 is 1.21 bits per heavy atom. The molecule has 2 aliphatic heterocycles. The van der Waals surface area contributed by atoms with Crippen LogP contribution in [0.4, 0.5) is 0 Å². The number of carbonyl (C=O) groups is 2. The molecule has 2 amide bonds. The zero-order valence-corrected chi connectivity index (χ0v) is 17.4. The predicted molar refractivity (Wildman–Crippen MR) is 109 cm³/mol. The molecule has 6 heteroatoms. The van der Waals surface area contributed by atoms with Crippen LogP contribution in [0.5, 0.6) is 5.75 Å². The number of phenolic OH excluding ortho intramolecular Hbond substituents is 1. The van der Waals surface area contributed by atoms with Crippen LogP contribution in [0.2, 0.25) is 0 Å². The van der Waals surface area contributed by atoms with Crippen molar-refractivity contribution >= 4 is 11.8 Å². The van der Waals surface area contributed by atoms with Gasteiger partial charge in [0.2, 0.25) is 5.91 Å². The molecule has 0 bridgehead atoms. The Kier molecular flexibility index (Phi) is 6.28. The zero-order valence-electron chi connectivity index (χ0n) is 17.4. The highest BCUT2D eigenvalue weighted by atomic mass is 16.3. The second-order valence-electron chi connectivity index (χ2n) is 8.74. The molecule has 1 spiro atoms. The zero-order chi connectivity index (χ0) is 20.3. The van der Waals surface area contributed by atoms with Gasteiger partial charge in [0.15, 0.2) is 0 Å². The standard InChI is InChI=1S/C22H33N3O3/c1-17-6-4-7-18(20(17)27)21(28)24-14-10-22(11-15-24)9-8-19(26)25(16-22)13-5-12-23(2)3/h4,6-7,27H,5,8-16H2,1-3H3. The summed E-state index contributed by atoms with van der Waals surface area (Å²) in [6.07, 6.45) is 4.37. The minimum Gasteiger partial charge on any atom is -0.507 e. The molecule has 6 nitrogen and oxygen atoms in total. The third-order valence-corrected chi connectivity index (χ3v) is 6.36. The second kappa shape index (κ2) is 8.52. The number of para-hydroxylation sites is 1. The summed E-state index contributed by atoms with van der Waals surface area (Å²) in [5, 5.41) is 10.2. The van der Waals surface area contributed by atoms with Gasteiger partial charge in [0.05, 0.1) is 5.56 Å². The Morgan fingerprint density at radius 3 is 2.61 bits per heavy atom. The average molecular weight is 388 g/mol. The Morgan fingerprint density at radius 2 is 1.93 bits per heavy atom. The second-order valence-corrected chi connectivity index (χ2v) is 8.74. The van der Waals surface area contributed by atoms with E-state index >= 15 is 0 Å². The molecule has 0 radical (unpaired) electrons. The van der Waals surface area contributed by atoms with Crippen LogP contribution in [0.1, 0.15) is 48.0 Å². The molecule has 0 atom stereocenters. The summed E-state index contributed by atoms with van der Waals surface area (Å²) in [6, 6.07) is 5.31. The number of rotatable bonds is 5. The first kappa shape index (κ1) is 20.6. The number of nitrogens with zero attached hydrogens (tertiary/aromatic N) is 3. The van der Waals surface area contributed by atoms with Crippen LogP contribution < -0.4 is 0 Å². The van der Waals surface area contributed by atoms with Crippen LogP contribution in [-0.4, -0.2) is 78.4 Å². The molecule has 2 fully saturated rings. The quantitative estimate of drug-likeness (QED) is 0.843. The van der Waals surface area contributed by atoms with E-state index in [1.54, 1.807) is 19.1 Å². The van der Waals surface area contributed by atoms with Crippen LogP contribution in [0.3, 0.4) is 0 Å². The smallest absolute Gasteiger partial charge is 0.257 e. The molecule has 2 heterocycles. The van der Waals surface area contributed by atoms with Crippen LogP contribution in [0.15, 0.2) is 18.2 Å². The van der Waals surface area contributed by atoms with Crippen molar-refractivity contribution in [3.05, 3.63) is 29.3 Å². The lowest BCUT2D eigenvalue weighted by atomic mass is 9.72. The lowest BCUT2D eigenvalue weighted by Gasteiger charge is -2.47. The van der Waals surface area contributed by atoms with Crippen molar-refractivity contribution in [2.75, 3.05) is 46.8 Å². The topological polar surface area (TPSA) is 64.1 Å². The van der Waals surface area contributed by atoms with E-state index in [-0.39, 0.29) is 23.0 Å². The van der Waals surface area contributed by atoms with E-state index < -0.39 is 0 Å². The van der Waals surface area contributed by atoms with Gasteiger partial charge in [-0.15, -0.1) is 0 Å². The minimum absolute atomic E-state index is 0.0862. The number of piperidine rings is 2. The number of aryl methyl sites for hydroxylation is 1. The van der Waals surface area contributed by atoms with Crippen molar-refractivity contribution in [1.29, 1.82) is 0 Å². The monoisotopic (exact) mass is 387 g/mol. The van der Waals surface area contributed by atoms with Gasteiger partial charge in [-0.2, -0.15) is 0 Å². The Labute approximate surface area is 168 Å². The number of benzene rings is 1. The molecule has 1 aromatic rings. The maximum absolute atomic E-state index is 12.9. The summed E-state index contributed by atoms with van der Waals surface area (Å²) in [7, 11) is 4.11. The summed E-state index contributed by atoms with van der Waals surface area (Å²) < 4.78 is 0. The molecule has 1 N–H and O–H groups in total. The fourth-order valence-corrected chi connectivity index (χ4v) is 4.48. The predicted octanol–water partition coefficient (Wildman–Crippen LogP) is 2.50. The highest BCUT2D eigenvalue weighted by molar-refractivity contribution is 5.97. The van der Waals surface area contributed by atoms with E-state index in [1.807, 2.05) is 15.9 Å². The molecular weight excluding hydrogens is 354 g/mol. The third kappa shape index (κ3) is 4.49. The van der Waals surface area contributed by atoms with E-state index in [2.05, 4.69) is 19.0 Å². The molecule has 0 aromatic heterocycles.